The van der Waals surface area contributed by atoms with Gasteiger partial charge in [-0.05, 0) is 23.8 Å². The van der Waals surface area contributed by atoms with Crippen LogP contribution in [0.15, 0.2) is 64.7 Å². The standard InChI is InChI=1S/C22H19N7O3S/c1-26-19-18(20(31)27(2)22(26)32)28(13-24-19)12-17(30)29(11-14-6-5-9-23-10-14)21-25-15-7-3-4-8-16(15)33-21/h3-10,13H,11-12H2,1-2H3. The molecule has 0 aliphatic rings. The minimum atomic E-state index is -0.503. The molecule has 0 spiro atoms. The summed E-state index contributed by atoms with van der Waals surface area (Å²) in [5.41, 5.74) is 1.10. The van der Waals surface area contributed by atoms with Crippen LogP contribution in [0.25, 0.3) is 21.4 Å². The van der Waals surface area contributed by atoms with Gasteiger partial charge in [-0.2, -0.15) is 0 Å². The van der Waals surface area contributed by atoms with Crippen LogP contribution in [0.4, 0.5) is 5.13 Å². The zero-order valence-corrected chi connectivity index (χ0v) is 18.7. The second kappa shape index (κ2) is 8.10. The maximum atomic E-state index is 13.5. The van der Waals surface area contributed by atoms with Gasteiger partial charge in [-0.15, -0.1) is 0 Å². The lowest BCUT2D eigenvalue weighted by atomic mass is 10.2. The van der Waals surface area contributed by atoms with Gasteiger partial charge >= 0.3 is 5.69 Å². The Balaban J connectivity index is 1.56. The monoisotopic (exact) mass is 461 g/mol. The highest BCUT2D eigenvalue weighted by Crippen LogP contribution is 2.30. The molecular weight excluding hydrogens is 442 g/mol. The molecule has 0 saturated heterocycles. The first-order valence-corrected chi connectivity index (χ1v) is 10.9. The summed E-state index contributed by atoms with van der Waals surface area (Å²) in [4.78, 5) is 53.1. The van der Waals surface area contributed by atoms with Crippen LogP contribution in [-0.2, 0) is 32.0 Å². The molecule has 4 aromatic heterocycles. The minimum absolute atomic E-state index is 0.139. The van der Waals surface area contributed by atoms with Crippen molar-refractivity contribution in [2.75, 3.05) is 4.90 Å². The number of aryl methyl sites for hydroxylation is 1. The van der Waals surface area contributed by atoms with Crippen LogP contribution in [0.2, 0.25) is 0 Å². The van der Waals surface area contributed by atoms with Crippen molar-refractivity contribution in [3.8, 4) is 0 Å². The molecule has 5 aromatic rings. The lowest BCUT2D eigenvalue weighted by molar-refractivity contribution is -0.119. The third-order valence-corrected chi connectivity index (χ3v) is 6.46. The van der Waals surface area contributed by atoms with Crippen LogP contribution in [0, 0.1) is 0 Å². The number of para-hydroxylation sites is 1. The molecule has 0 aliphatic heterocycles. The lowest BCUT2D eigenvalue weighted by Gasteiger charge is -2.20. The fourth-order valence-electron chi connectivity index (χ4n) is 3.66. The van der Waals surface area contributed by atoms with Crippen molar-refractivity contribution in [2.45, 2.75) is 13.1 Å². The highest BCUT2D eigenvalue weighted by molar-refractivity contribution is 7.22. The molecule has 4 heterocycles. The Bertz CT molecular complexity index is 1580. The van der Waals surface area contributed by atoms with E-state index in [2.05, 4.69) is 15.0 Å². The molecule has 33 heavy (non-hydrogen) atoms. The van der Waals surface area contributed by atoms with Gasteiger partial charge in [-0.1, -0.05) is 29.5 Å². The van der Waals surface area contributed by atoms with Crippen molar-refractivity contribution in [1.82, 2.24) is 28.7 Å². The van der Waals surface area contributed by atoms with Crippen LogP contribution in [0.5, 0.6) is 0 Å². The summed E-state index contributed by atoms with van der Waals surface area (Å²) >= 11 is 1.42. The molecule has 0 radical (unpaired) electrons. The zero-order chi connectivity index (χ0) is 23.1. The summed E-state index contributed by atoms with van der Waals surface area (Å²) in [6.07, 6.45) is 4.78. The van der Waals surface area contributed by atoms with E-state index in [0.29, 0.717) is 5.13 Å². The minimum Gasteiger partial charge on any atom is -0.315 e. The number of aromatic nitrogens is 6. The predicted octanol–water partition coefficient (Wildman–Crippen LogP) is 1.67. The van der Waals surface area contributed by atoms with Crippen molar-refractivity contribution in [2.24, 2.45) is 14.1 Å². The van der Waals surface area contributed by atoms with Gasteiger partial charge in [0.25, 0.3) is 5.56 Å². The maximum Gasteiger partial charge on any atom is 0.332 e. The Kier molecular flexibility index (Phi) is 5.09. The molecule has 10 nitrogen and oxygen atoms in total. The van der Waals surface area contributed by atoms with Crippen LogP contribution >= 0.6 is 11.3 Å². The van der Waals surface area contributed by atoms with E-state index < -0.39 is 11.2 Å². The summed E-state index contributed by atoms with van der Waals surface area (Å²) < 4.78 is 4.74. The van der Waals surface area contributed by atoms with Crippen molar-refractivity contribution < 1.29 is 4.79 Å². The number of imidazole rings is 1. The number of benzene rings is 1. The SMILES string of the molecule is Cn1c(=O)c2c(ncn2CC(=O)N(Cc2cccnc2)c2nc3ccccc3s2)n(C)c1=O. The number of pyridine rings is 1. The largest absolute Gasteiger partial charge is 0.332 e. The summed E-state index contributed by atoms with van der Waals surface area (Å²) in [7, 11) is 2.94. The summed E-state index contributed by atoms with van der Waals surface area (Å²) in [6.45, 7) is 0.135. The van der Waals surface area contributed by atoms with E-state index in [9.17, 15) is 14.4 Å². The van der Waals surface area contributed by atoms with Gasteiger partial charge in [0.2, 0.25) is 5.91 Å². The topological polar surface area (TPSA) is 108 Å². The Morgan fingerprint density at radius 3 is 2.67 bits per heavy atom. The number of anilines is 1. The number of hydrogen-bond donors (Lipinski definition) is 0. The lowest BCUT2D eigenvalue weighted by Crippen LogP contribution is -2.38. The molecule has 1 aromatic carbocycles. The van der Waals surface area contributed by atoms with E-state index in [1.807, 2.05) is 36.4 Å². The molecule has 0 bridgehead atoms. The van der Waals surface area contributed by atoms with E-state index in [1.54, 1.807) is 24.3 Å². The Morgan fingerprint density at radius 2 is 1.91 bits per heavy atom. The second-order valence-corrected chi connectivity index (χ2v) is 8.56. The fourth-order valence-corrected chi connectivity index (χ4v) is 4.64. The molecule has 0 fully saturated rings. The normalized spacial score (nSPS) is 11.3. The maximum absolute atomic E-state index is 13.5. The molecule has 0 N–H and O–H groups in total. The smallest absolute Gasteiger partial charge is 0.315 e. The highest BCUT2D eigenvalue weighted by Gasteiger charge is 2.23. The summed E-state index contributed by atoms with van der Waals surface area (Å²) in [6, 6.07) is 11.4. The van der Waals surface area contributed by atoms with Gasteiger partial charge in [0, 0.05) is 26.5 Å². The van der Waals surface area contributed by atoms with Gasteiger partial charge < -0.3 is 4.57 Å². The van der Waals surface area contributed by atoms with E-state index in [-0.39, 0.29) is 30.2 Å². The van der Waals surface area contributed by atoms with E-state index in [0.717, 1.165) is 20.3 Å². The van der Waals surface area contributed by atoms with Crippen LogP contribution < -0.4 is 16.1 Å². The summed E-state index contributed by atoms with van der Waals surface area (Å²) in [5.74, 6) is -0.270. The number of carbonyl (C=O) groups is 1. The van der Waals surface area contributed by atoms with Crippen LogP contribution in [0.3, 0.4) is 0 Å². The molecule has 166 valence electrons. The highest BCUT2D eigenvalue weighted by atomic mass is 32.1. The Hall–Kier alpha value is -4.12. The van der Waals surface area contributed by atoms with Gasteiger partial charge in [-0.3, -0.25) is 28.6 Å². The van der Waals surface area contributed by atoms with E-state index in [1.165, 1.54) is 33.8 Å². The van der Waals surface area contributed by atoms with Gasteiger partial charge in [0.1, 0.15) is 6.54 Å². The average Bonchev–Trinajstić information content (AvgIpc) is 3.44. The third kappa shape index (κ3) is 3.61. The van der Waals surface area contributed by atoms with Crippen molar-refractivity contribution in [3.63, 3.8) is 0 Å². The Labute approximate surface area is 191 Å². The van der Waals surface area contributed by atoms with Crippen molar-refractivity contribution >= 4 is 43.8 Å². The molecule has 0 unspecified atom stereocenters. The predicted molar refractivity (Wildman–Crippen MR) is 125 cm³/mol. The van der Waals surface area contributed by atoms with Crippen molar-refractivity contribution in [1.29, 1.82) is 0 Å². The zero-order valence-electron chi connectivity index (χ0n) is 17.9. The van der Waals surface area contributed by atoms with Crippen LogP contribution in [-0.4, -0.2) is 34.6 Å². The first-order chi connectivity index (χ1) is 15.9. The number of hydrogen-bond acceptors (Lipinski definition) is 7. The van der Waals surface area contributed by atoms with E-state index >= 15 is 0 Å². The van der Waals surface area contributed by atoms with Gasteiger partial charge in [-0.25, -0.2) is 14.8 Å². The second-order valence-electron chi connectivity index (χ2n) is 7.56. The average molecular weight is 462 g/mol. The molecule has 0 aliphatic carbocycles. The van der Waals surface area contributed by atoms with Gasteiger partial charge in [0.15, 0.2) is 16.3 Å². The summed E-state index contributed by atoms with van der Waals surface area (Å²) in [5, 5.41) is 0.551. The number of rotatable bonds is 5. The Morgan fingerprint density at radius 1 is 1.09 bits per heavy atom. The number of thiazole rings is 1. The first kappa shape index (κ1) is 20.8. The fraction of sp³-hybridized carbons (Fsp3) is 0.182. The first-order valence-electron chi connectivity index (χ1n) is 10.1. The van der Waals surface area contributed by atoms with Crippen LogP contribution in [0.1, 0.15) is 5.56 Å². The quantitative estimate of drug-likeness (QED) is 0.394. The molecule has 11 heteroatoms. The third-order valence-electron chi connectivity index (χ3n) is 5.40. The number of amides is 1. The van der Waals surface area contributed by atoms with Gasteiger partial charge in [0.05, 0.1) is 23.1 Å². The molecule has 5 rings (SSSR count). The molecule has 0 atom stereocenters. The number of carbonyl (C=O) groups excluding carboxylic acids is 1. The van der Waals surface area contributed by atoms with Crippen molar-refractivity contribution in [3.05, 3.63) is 81.5 Å². The molecular formula is C22H19N7O3S. The van der Waals surface area contributed by atoms with E-state index in [4.69, 9.17) is 0 Å². The molecule has 0 saturated carbocycles. The number of nitrogens with zero attached hydrogens (tertiary/aromatic N) is 7. The number of fused-ring (bicyclic) bond motifs is 2. The molecule has 1 amide bonds.